The lowest BCUT2D eigenvalue weighted by molar-refractivity contribution is -0.313. The van der Waals surface area contributed by atoms with Crippen LogP contribution in [0.3, 0.4) is 0 Å². The molecule has 2 rings (SSSR count). The van der Waals surface area contributed by atoms with E-state index in [0.717, 1.165) is 25.7 Å². The van der Waals surface area contributed by atoms with Crippen LogP contribution in [-0.2, 0) is 23.9 Å². The summed E-state index contributed by atoms with van der Waals surface area (Å²) in [6.07, 6.45) is 13.1. The largest absolute Gasteiger partial charge is 0.550 e. The average molecular weight is 580 g/mol. The summed E-state index contributed by atoms with van der Waals surface area (Å²) >= 11 is 0. The van der Waals surface area contributed by atoms with Crippen molar-refractivity contribution in [2.24, 2.45) is 29.1 Å². The number of carboxylic acids is 1. The van der Waals surface area contributed by atoms with Crippen LogP contribution < -0.4 is 15.7 Å². The van der Waals surface area contributed by atoms with Crippen LogP contribution in [0.1, 0.15) is 132 Å². The predicted octanol–water partition coefficient (Wildman–Crippen LogP) is 5.12. The molecule has 1 aliphatic carbocycles. The lowest BCUT2D eigenvalue weighted by atomic mass is 9.77. The quantitative estimate of drug-likeness (QED) is 0.231. The molecule has 0 spiro atoms. The number of ether oxygens (including phenoxy) is 2. The zero-order valence-electron chi connectivity index (χ0n) is 27.0. The van der Waals surface area contributed by atoms with Gasteiger partial charge in [0.25, 0.3) is 0 Å². The summed E-state index contributed by atoms with van der Waals surface area (Å²) < 4.78 is 11.6. The van der Waals surface area contributed by atoms with Crippen molar-refractivity contribution < 1.29 is 29.0 Å². The van der Waals surface area contributed by atoms with E-state index in [1.807, 2.05) is 13.8 Å². The van der Waals surface area contributed by atoms with E-state index in [1.165, 1.54) is 44.9 Å². The molecule has 0 aromatic rings. The maximum absolute atomic E-state index is 13.2. The van der Waals surface area contributed by atoms with Gasteiger partial charge in [-0.2, -0.15) is 0 Å². The second kappa shape index (κ2) is 16.8. The number of rotatable bonds is 17. The van der Waals surface area contributed by atoms with Crippen molar-refractivity contribution in [2.45, 2.75) is 150 Å². The van der Waals surface area contributed by atoms with Crippen molar-refractivity contribution in [3.63, 3.8) is 0 Å². The molecule has 1 saturated heterocycles. The lowest BCUT2D eigenvalue weighted by Gasteiger charge is -2.45. The summed E-state index contributed by atoms with van der Waals surface area (Å²) in [6.45, 7) is 14.2. The minimum Gasteiger partial charge on any atom is -0.550 e. The molecule has 0 aromatic carbocycles. The van der Waals surface area contributed by atoms with Gasteiger partial charge in [-0.05, 0) is 57.8 Å². The lowest BCUT2D eigenvalue weighted by Crippen LogP contribution is -2.57. The van der Waals surface area contributed by atoms with Crippen LogP contribution in [0.5, 0.6) is 0 Å². The van der Waals surface area contributed by atoms with E-state index in [9.17, 15) is 19.5 Å². The fourth-order valence-corrected chi connectivity index (χ4v) is 6.31. The average Bonchev–Trinajstić information content (AvgIpc) is 2.89. The molecule has 1 heterocycles. The Morgan fingerprint density at radius 3 is 2.05 bits per heavy atom. The van der Waals surface area contributed by atoms with E-state index >= 15 is 0 Å². The maximum Gasteiger partial charge on any atom is 0.249 e. The summed E-state index contributed by atoms with van der Waals surface area (Å²) in [5, 5.41) is 18.2. The van der Waals surface area contributed by atoms with Gasteiger partial charge in [0.2, 0.25) is 11.8 Å². The Morgan fingerprint density at radius 2 is 1.49 bits per heavy atom. The molecule has 0 radical (unpaired) electrons. The van der Waals surface area contributed by atoms with Crippen LogP contribution in [-0.4, -0.2) is 48.9 Å². The Bertz CT molecular complexity index is 819. The Kier molecular flexibility index (Phi) is 14.6. The highest BCUT2D eigenvalue weighted by molar-refractivity contribution is 5.82. The molecule has 2 fully saturated rings. The van der Waals surface area contributed by atoms with Gasteiger partial charge < -0.3 is 30.0 Å². The number of unbranched alkanes of at least 4 members (excludes halogenated alkanes) is 7. The van der Waals surface area contributed by atoms with Crippen LogP contribution in [0.4, 0.5) is 0 Å². The normalized spacial score (nSPS) is 25.3. The molecule has 3 unspecified atom stereocenters. The fourth-order valence-electron chi connectivity index (χ4n) is 6.31. The van der Waals surface area contributed by atoms with Gasteiger partial charge in [-0.25, -0.2) is 0 Å². The second-order valence-electron chi connectivity index (χ2n) is 14.1. The van der Waals surface area contributed by atoms with Gasteiger partial charge in [0.15, 0.2) is 5.79 Å². The summed E-state index contributed by atoms with van der Waals surface area (Å²) in [5.41, 5.74) is -0.533. The molecule has 1 saturated carbocycles. The number of aliphatic carboxylic acids is 1. The zero-order valence-corrected chi connectivity index (χ0v) is 27.0. The molecule has 0 bridgehead atoms. The first kappa shape index (κ1) is 35.5. The Balaban J connectivity index is 1.79. The van der Waals surface area contributed by atoms with Gasteiger partial charge in [0.05, 0.1) is 6.61 Å². The fraction of sp³-hybridized carbons (Fsp3) is 0.909. The van der Waals surface area contributed by atoms with Gasteiger partial charge in [-0.15, -0.1) is 0 Å². The maximum atomic E-state index is 13.2. The number of amides is 2. The number of carbonyl (C=O) groups is 3. The molecule has 1 aliphatic heterocycles. The van der Waals surface area contributed by atoms with Gasteiger partial charge in [-0.3, -0.25) is 9.59 Å². The van der Waals surface area contributed by atoms with Gasteiger partial charge in [-0.1, -0.05) is 86.0 Å². The summed E-state index contributed by atoms with van der Waals surface area (Å²) in [7, 11) is 0. The smallest absolute Gasteiger partial charge is 0.249 e. The first-order chi connectivity index (χ1) is 19.3. The monoisotopic (exact) mass is 579 g/mol. The predicted molar refractivity (Wildman–Crippen MR) is 160 cm³/mol. The van der Waals surface area contributed by atoms with E-state index in [1.54, 1.807) is 13.8 Å². The van der Waals surface area contributed by atoms with E-state index in [4.69, 9.17) is 9.47 Å². The molecular formula is C33H59N2O6-. The number of hydrogen-bond donors (Lipinski definition) is 2. The number of hydrogen-bond acceptors (Lipinski definition) is 6. The third-order valence-corrected chi connectivity index (χ3v) is 9.14. The van der Waals surface area contributed by atoms with E-state index in [-0.39, 0.29) is 42.2 Å². The molecule has 2 amide bonds. The van der Waals surface area contributed by atoms with Crippen LogP contribution in [0.15, 0.2) is 0 Å². The molecule has 8 heteroatoms. The molecule has 41 heavy (non-hydrogen) atoms. The summed E-state index contributed by atoms with van der Waals surface area (Å²) in [4.78, 5) is 38.2. The van der Waals surface area contributed by atoms with Crippen molar-refractivity contribution >= 4 is 17.8 Å². The summed E-state index contributed by atoms with van der Waals surface area (Å²) in [6, 6.07) is 0.0641. The highest BCUT2D eigenvalue weighted by atomic mass is 16.7. The van der Waals surface area contributed by atoms with E-state index < -0.39 is 29.2 Å². The van der Waals surface area contributed by atoms with Crippen LogP contribution in [0, 0.1) is 29.1 Å². The first-order valence-electron chi connectivity index (χ1n) is 16.4. The number of nitrogens with one attached hydrogen (secondary N) is 2. The number of carboxylic acid groups (broad SMARTS) is 1. The van der Waals surface area contributed by atoms with Crippen molar-refractivity contribution in [3.05, 3.63) is 0 Å². The van der Waals surface area contributed by atoms with Crippen molar-refractivity contribution in [3.8, 4) is 0 Å². The topological polar surface area (TPSA) is 117 Å². The van der Waals surface area contributed by atoms with Crippen molar-refractivity contribution in [1.29, 1.82) is 0 Å². The molecule has 238 valence electrons. The first-order valence-corrected chi connectivity index (χ1v) is 16.4. The van der Waals surface area contributed by atoms with Crippen molar-refractivity contribution in [1.82, 2.24) is 10.6 Å². The molecule has 2 aliphatic rings. The molecular weight excluding hydrogens is 520 g/mol. The zero-order chi connectivity index (χ0) is 30.6. The van der Waals surface area contributed by atoms with Gasteiger partial charge >= 0.3 is 0 Å². The standard InChI is InChI=1S/C33H60N2O6/c1-8-9-10-11-12-13-14-15-16-26(23(2)3)29(36)35-25-19-17-24(18-20-25)27(31(38)39)21-34-30(37)28-32(4,5)22-40-33(6,7)41-28/h23-28H,8-22H2,1-7H3,(H,34,37)(H,35,36)(H,38,39)/p-1. The molecule has 0 aromatic heterocycles. The van der Waals surface area contributed by atoms with Gasteiger partial charge in [0, 0.05) is 35.8 Å². The Hall–Kier alpha value is -1.67. The van der Waals surface area contributed by atoms with Crippen LogP contribution in [0.25, 0.3) is 0 Å². The van der Waals surface area contributed by atoms with Crippen LogP contribution in [0.2, 0.25) is 0 Å². The third kappa shape index (κ3) is 11.9. The Labute approximate surface area is 249 Å². The Morgan fingerprint density at radius 1 is 0.902 bits per heavy atom. The van der Waals surface area contributed by atoms with E-state index in [0.29, 0.717) is 19.4 Å². The van der Waals surface area contributed by atoms with Gasteiger partial charge in [0.1, 0.15) is 6.10 Å². The summed E-state index contributed by atoms with van der Waals surface area (Å²) in [5.74, 6) is -2.79. The third-order valence-electron chi connectivity index (χ3n) is 9.14. The highest BCUT2D eigenvalue weighted by Crippen LogP contribution is 2.35. The van der Waals surface area contributed by atoms with Crippen molar-refractivity contribution in [2.75, 3.05) is 13.2 Å². The molecule has 2 N–H and O–H groups in total. The van der Waals surface area contributed by atoms with E-state index in [2.05, 4.69) is 31.4 Å². The minimum absolute atomic E-state index is 0.00805. The number of carbonyl (C=O) groups excluding carboxylic acids is 3. The second-order valence-corrected chi connectivity index (χ2v) is 14.1. The van der Waals surface area contributed by atoms with Crippen LogP contribution >= 0.6 is 0 Å². The minimum atomic E-state index is -1.14. The SMILES string of the molecule is CCCCCCCCCCC(C(=O)NC1CCC(C(CNC(=O)C2OC(C)(C)OCC2(C)C)C(=O)[O-])CC1)C(C)C. The highest BCUT2D eigenvalue weighted by Gasteiger charge is 2.46. The molecule has 3 atom stereocenters. The molecule has 8 nitrogen and oxygen atoms in total.